The Hall–Kier alpha value is -3.02. The Morgan fingerprint density at radius 1 is 1.07 bits per heavy atom. The van der Waals surface area contributed by atoms with Gasteiger partial charge in [0, 0.05) is 53.3 Å². The predicted octanol–water partition coefficient (Wildman–Crippen LogP) is 4.39. The summed E-state index contributed by atoms with van der Waals surface area (Å²) in [5.41, 5.74) is 4.93. The lowest BCUT2D eigenvalue weighted by molar-refractivity contribution is 0.285. The zero-order valence-electron chi connectivity index (χ0n) is 18.2. The minimum Gasteiger partial charge on any atom is -0.477 e. The first-order valence-corrected chi connectivity index (χ1v) is 10.5. The number of hydrogen-bond donors (Lipinski definition) is 0. The average molecular weight is 405 g/mol. The molecule has 2 atom stereocenters. The van der Waals surface area contributed by atoms with Crippen LogP contribution in [-0.2, 0) is 0 Å². The maximum atomic E-state index is 12.3. The number of aromatic nitrogens is 4. The summed E-state index contributed by atoms with van der Waals surface area (Å²) in [7, 11) is 0. The summed E-state index contributed by atoms with van der Waals surface area (Å²) in [4.78, 5) is 25.8. The van der Waals surface area contributed by atoms with E-state index >= 15 is 0 Å². The van der Waals surface area contributed by atoms with Crippen molar-refractivity contribution in [1.82, 2.24) is 19.5 Å². The van der Waals surface area contributed by atoms with Gasteiger partial charge in [0.2, 0.25) is 5.88 Å². The molecular weight excluding hydrogens is 376 g/mol. The number of ether oxygens (including phenoxy) is 1. The third-order valence-electron chi connectivity index (χ3n) is 5.73. The van der Waals surface area contributed by atoms with Gasteiger partial charge in [-0.15, -0.1) is 0 Å². The summed E-state index contributed by atoms with van der Waals surface area (Å²) in [6.45, 7) is 10.5. The first kappa shape index (κ1) is 20.3. The standard InChI is InChI=1S/C24H28N4O2/c1-14(2)28-16(4)19(7-9-23(28)29)21-12-25-17(5)27-24(21)30-13-18-10-20(18)22-8-6-15(3)11-26-22/h6-9,11-12,14,18,20H,10,13H2,1-5H3/t18-,20+/m1/s1. The fourth-order valence-electron chi connectivity index (χ4n) is 4.00. The molecule has 0 radical (unpaired) electrons. The van der Waals surface area contributed by atoms with Gasteiger partial charge in [-0.25, -0.2) is 4.98 Å². The normalized spacial score (nSPS) is 17.9. The molecule has 4 rings (SSSR count). The van der Waals surface area contributed by atoms with E-state index in [2.05, 4.69) is 27.1 Å². The molecule has 0 spiro atoms. The van der Waals surface area contributed by atoms with Crippen molar-refractivity contribution < 1.29 is 4.74 Å². The van der Waals surface area contributed by atoms with Crippen molar-refractivity contribution in [2.75, 3.05) is 6.61 Å². The Balaban J connectivity index is 1.57. The Morgan fingerprint density at radius 3 is 2.57 bits per heavy atom. The molecule has 3 aromatic rings. The van der Waals surface area contributed by atoms with Gasteiger partial charge in [0.1, 0.15) is 5.82 Å². The van der Waals surface area contributed by atoms with Gasteiger partial charge in [-0.1, -0.05) is 6.07 Å². The highest BCUT2D eigenvalue weighted by Crippen LogP contribution is 2.47. The second kappa shape index (κ2) is 8.01. The third-order valence-corrected chi connectivity index (χ3v) is 5.73. The molecule has 0 saturated heterocycles. The van der Waals surface area contributed by atoms with Crippen molar-refractivity contribution in [1.29, 1.82) is 0 Å². The van der Waals surface area contributed by atoms with Crippen molar-refractivity contribution in [3.05, 3.63) is 69.8 Å². The van der Waals surface area contributed by atoms with Crippen LogP contribution < -0.4 is 10.3 Å². The molecule has 1 fully saturated rings. The molecule has 30 heavy (non-hydrogen) atoms. The maximum absolute atomic E-state index is 12.3. The molecule has 156 valence electrons. The van der Waals surface area contributed by atoms with Gasteiger partial charge >= 0.3 is 0 Å². The molecule has 1 aliphatic carbocycles. The highest BCUT2D eigenvalue weighted by molar-refractivity contribution is 5.69. The van der Waals surface area contributed by atoms with E-state index in [9.17, 15) is 4.79 Å². The summed E-state index contributed by atoms with van der Waals surface area (Å²) in [6, 6.07) is 7.73. The zero-order chi connectivity index (χ0) is 21.4. The van der Waals surface area contributed by atoms with Crippen LogP contribution >= 0.6 is 0 Å². The second-order valence-electron chi connectivity index (χ2n) is 8.44. The molecule has 3 heterocycles. The van der Waals surface area contributed by atoms with E-state index in [0.717, 1.165) is 28.9 Å². The van der Waals surface area contributed by atoms with Crippen molar-refractivity contribution in [2.24, 2.45) is 5.92 Å². The molecule has 6 nitrogen and oxygen atoms in total. The summed E-state index contributed by atoms with van der Waals surface area (Å²) in [6.07, 6.45) is 4.79. The molecule has 1 aliphatic rings. The number of nitrogens with zero attached hydrogens (tertiary/aromatic N) is 4. The number of aryl methyl sites for hydroxylation is 2. The second-order valence-corrected chi connectivity index (χ2v) is 8.44. The molecule has 1 saturated carbocycles. The van der Waals surface area contributed by atoms with Gasteiger partial charge in [-0.05, 0) is 58.7 Å². The van der Waals surface area contributed by atoms with Gasteiger partial charge in [0.15, 0.2) is 0 Å². The molecular formula is C24H28N4O2. The van der Waals surface area contributed by atoms with Crippen LogP contribution in [0.25, 0.3) is 11.1 Å². The summed E-state index contributed by atoms with van der Waals surface area (Å²) in [5.74, 6) is 2.12. The molecule has 0 bridgehead atoms. The van der Waals surface area contributed by atoms with E-state index in [0.29, 0.717) is 30.1 Å². The molecule has 0 aromatic carbocycles. The number of hydrogen-bond acceptors (Lipinski definition) is 5. The molecule has 3 aromatic heterocycles. The van der Waals surface area contributed by atoms with Crippen molar-refractivity contribution in [3.63, 3.8) is 0 Å². The Morgan fingerprint density at radius 2 is 1.87 bits per heavy atom. The Labute approximate surface area is 177 Å². The van der Waals surface area contributed by atoms with Crippen LogP contribution in [0, 0.1) is 26.7 Å². The van der Waals surface area contributed by atoms with E-state index in [1.165, 1.54) is 5.56 Å². The molecule has 0 unspecified atom stereocenters. The fraction of sp³-hybridized carbons (Fsp3) is 0.417. The average Bonchev–Trinajstić information content (AvgIpc) is 3.47. The molecule has 0 aliphatic heterocycles. The minimum atomic E-state index is -0.00633. The van der Waals surface area contributed by atoms with Gasteiger partial charge in [0.25, 0.3) is 5.56 Å². The first-order chi connectivity index (χ1) is 14.3. The first-order valence-electron chi connectivity index (χ1n) is 10.5. The SMILES string of the molecule is Cc1ccc([C@H]2C[C@@H]2COc2nc(C)ncc2-c2ccc(=O)n(C(C)C)c2C)nc1. The lowest BCUT2D eigenvalue weighted by Crippen LogP contribution is -2.23. The lowest BCUT2D eigenvalue weighted by Gasteiger charge is -2.18. The highest BCUT2D eigenvalue weighted by atomic mass is 16.5. The van der Waals surface area contributed by atoms with Crippen LogP contribution in [0.1, 0.15) is 55.0 Å². The third kappa shape index (κ3) is 3.99. The van der Waals surface area contributed by atoms with E-state index in [-0.39, 0.29) is 11.6 Å². The van der Waals surface area contributed by atoms with Crippen LogP contribution in [0.4, 0.5) is 0 Å². The predicted molar refractivity (Wildman–Crippen MR) is 117 cm³/mol. The molecule has 0 amide bonds. The number of pyridine rings is 2. The molecule has 6 heteroatoms. The van der Waals surface area contributed by atoms with Gasteiger partial charge in [0.05, 0.1) is 12.2 Å². The van der Waals surface area contributed by atoms with Gasteiger partial charge in [-0.3, -0.25) is 9.78 Å². The maximum Gasteiger partial charge on any atom is 0.250 e. The van der Waals surface area contributed by atoms with Crippen molar-refractivity contribution >= 4 is 0 Å². The van der Waals surface area contributed by atoms with Crippen molar-refractivity contribution in [3.8, 4) is 17.0 Å². The van der Waals surface area contributed by atoms with Gasteiger partial charge in [-0.2, -0.15) is 4.98 Å². The highest BCUT2D eigenvalue weighted by Gasteiger charge is 2.40. The summed E-state index contributed by atoms with van der Waals surface area (Å²) >= 11 is 0. The zero-order valence-corrected chi connectivity index (χ0v) is 18.2. The van der Waals surface area contributed by atoms with E-state index in [1.54, 1.807) is 16.8 Å². The Kier molecular flexibility index (Phi) is 5.41. The summed E-state index contributed by atoms with van der Waals surface area (Å²) < 4.78 is 7.98. The van der Waals surface area contributed by atoms with Crippen LogP contribution in [0.2, 0.25) is 0 Å². The topological polar surface area (TPSA) is 69.9 Å². The Bertz CT molecular complexity index is 1120. The van der Waals surface area contributed by atoms with E-state index in [1.807, 2.05) is 46.9 Å². The summed E-state index contributed by atoms with van der Waals surface area (Å²) in [5, 5.41) is 0. The number of rotatable bonds is 6. The van der Waals surface area contributed by atoms with Crippen LogP contribution in [0.3, 0.4) is 0 Å². The quantitative estimate of drug-likeness (QED) is 0.609. The lowest BCUT2D eigenvalue weighted by atomic mass is 10.1. The van der Waals surface area contributed by atoms with Crippen molar-refractivity contribution in [2.45, 2.75) is 53.0 Å². The minimum absolute atomic E-state index is 0.00633. The monoisotopic (exact) mass is 404 g/mol. The van der Waals surface area contributed by atoms with Crippen LogP contribution in [-0.4, -0.2) is 26.1 Å². The van der Waals surface area contributed by atoms with E-state index in [4.69, 9.17) is 4.74 Å². The van der Waals surface area contributed by atoms with E-state index < -0.39 is 0 Å². The van der Waals surface area contributed by atoms with Crippen LogP contribution in [0.15, 0.2) is 41.5 Å². The smallest absolute Gasteiger partial charge is 0.250 e. The molecule has 0 N–H and O–H groups in total. The largest absolute Gasteiger partial charge is 0.477 e. The van der Waals surface area contributed by atoms with Crippen LogP contribution in [0.5, 0.6) is 5.88 Å². The van der Waals surface area contributed by atoms with Gasteiger partial charge < -0.3 is 9.30 Å². The fourth-order valence-corrected chi connectivity index (χ4v) is 4.00.